The maximum atomic E-state index is 13.0. The van der Waals surface area contributed by atoms with Crippen LogP contribution < -0.4 is 10.6 Å². The lowest BCUT2D eigenvalue weighted by molar-refractivity contribution is -0.384. The normalized spacial score (nSPS) is 11.9. The van der Waals surface area contributed by atoms with Crippen molar-refractivity contribution in [1.29, 1.82) is 0 Å². The largest absolute Gasteiger partial charge is 0.454 e. The minimum absolute atomic E-state index is 0.0152. The first-order valence-electron chi connectivity index (χ1n) is 12.0. The summed E-state index contributed by atoms with van der Waals surface area (Å²) in [4.78, 5) is 60.3. The number of benzene rings is 3. The molecule has 0 unspecified atom stereocenters. The van der Waals surface area contributed by atoms with E-state index < -0.39 is 47.4 Å². The predicted octanol–water partition coefficient (Wildman–Crippen LogP) is 3.36. The van der Waals surface area contributed by atoms with Crippen LogP contribution in [-0.4, -0.2) is 47.4 Å². The summed E-state index contributed by atoms with van der Waals surface area (Å²) in [6.45, 7) is 0.807. The molecule has 202 valence electrons. The van der Waals surface area contributed by atoms with E-state index in [1.165, 1.54) is 19.1 Å². The number of alkyl carbamates (subject to hydrolysis) is 1. The summed E-state index contributed by atoms with van der Waals surface area (Å²) < 4.78 is 10.2. The number of carbonyl (C=O) groups excluding carboxylic acids is 4. The Morgan fingerprint density at radius 3 is 2.00 bits per heavy atom. The summed E-state index contributed by atoms with van der Waals surface area (Å²) in [7, 11) is 0. The zero-order valence-electron chi connectivity index (χ0n) is 21.1. The van der Waals surface area contributed by atoms with E-state index in [-0.39, 0.29) is 24.3 Å². The number of rotatable bonds is 12. The van der Waals surface area contributed by atoms with Gasteiger partial charge in [0.1, 0.15) is 12.6 Å². The molecule has 0 heterocycles. The molecular formula is C28H27N3O8. The Morgan fingerprint density at radius 1 is 0.821 bits per heavy atom. The van der Waals surface area contributed by atoms with Crippen LogP contribution in [0.4, 0.5) is 10.5 Å². The Morgan fingerprint density at radius 2 is 1.41 bits per heavy atom. The molecule has 0 aliphatic heterocycles. The number of amides is 2. The van der Waals surface area contributed by atoms with Crippen LogP contribution in [0.15, 0.2) is 84.9 Å². The fraction of sp³-hybridized carbons (Fsp3) is 0.214. The smallest absolute Gasteiger partial charge is 0.408 e. The highest BCUT2D eigenvalue weighted by Gasteiger charge is 2.26. The van der Waals surface area contributed by atoms with Crippen molar-refractivity contribution in [1.82, 2.24) is 10.6 Å². The molecule has 0 saturated carbocycles. The number of esters is 1. The van der Waals surface area contributed by atoms with Crippen LogP contribution in [0.3, 0.4) is 0 Å². The molecule has 0 fully saturated rings. The van der Waals surface area contributed by atoms with E-state index in [4.69, 9.17) is 9.47 Å². The Kier molecular flexibility index (Phi) is 10.3. The molecule has 3 aromatic rings. The number of hydrogen-bond acceptors (Lipinski definition) is 8. The molecule has 3 aromatic carbocycles. The van der Waals surface area contributed by atoms with Gasteiger partial charge in [-0.25, -0.2) is 9.59 Å². The highest BCUT2D eigenvalue weighted by molar-refractivity contribution is 5.95. The summed E-state index contributed by atoms with van der Waals surface area (Å²) in [5, 5.41) is 15.8. The second-order valence-electron chi connectivity index (χ2n) is 8.53. The highest BCUT2D eigenvalue weighted by atomic mass is 16.6. The Labute approximate surface area is 224 Å². The SMILES string of the molecule is C[C@H](NC(=O)[C@H](Cc1ccccc1)NC(=O)OCc1ccccc1)C(=O)COC(=O)c1ccc([N+](=O)[O-])cc1. The van der Waals surface area contributed by atoms with Crippen molar-refractivity contribution in [3.63, 3.8) is 0 Å². The summed E-state index contributed by atoms with van der Waals surface area (Å²) in [6.07, 6.45) is -0.658. The molecule has 2 N–H and O–H groups in total. The molecule has 0 aromatic heterocycles. The lowest BCUT2D eigenvalue weighted by Gasteiger charge is -2.21. The molecule has 2 amide bonds. The van der Waals surface area contributed by atoms with Gasteiger partial charge in [0.15, 0.2) is 12.4 Å². The third kappa shape index (κ3) is 9.08. The van der Waals surface area contributed by atoms with Crippen molar-refractivity contribution in [3.05, 3.63) is 112 Å². The van der Waals surface area contributed by atoms with E-state index in [1.54, 1.807) is 36.4 Å². The zero-order valence-corrected chi connectivity index (χ0v) is 21.1. The second kappa shape index (κ2) is 14.0. The van der Waals surface area contributed by atoms with Gasteiger partial charge in [0.05, 0.1) is 16.5 Å². The van der Waals surface area contributed by atoms with Crippen LogP contribution in [0.5, 0.6) is 0 Å². The number of ether oxygens (including phenoxy) is 2. The first kappa shape index (κ1) is 28.5. The fourth-order valence-corrected chi connectivity index (χ4v) is 3.42. The lowest BCUT2D eigenvalue weighted by Crippen LogP contribution is -2.52. The van der Waals surface area contributed by atoms with Crippen LogP contribution >= 0.6 is 0 Å². The van der Waals surface area contributed by atoms with E-state index in [2.05, 4.69) is 10.6 Å². The minimum Gasteiger partial charge on any atom is -0.454 e. The van der Waals surface area contributed by atoms with Gasteiger partial charge in [-0.15, -0.1) is 0 Å². The number of nitro benzene ring substituents is 1. The maximum absolute atomic E-state index is 13.0. The number of nitrogens with zero attached hydrogens (tertiary/aromatic N) is 1. The average molecular weight is 534 g/mol. The van der Waals surface area contributed by atoms with Crippen LogP contribution in [0.25, 0.3) is 0 Å². The number of carbonyl (C=O) groups is 4. The monoisotopic (exact) mass is 533 g/mol. The Hall–Kier alpha value is -5.06. The molecule has 39 heavy (non-hydrogen) atoms. The van der Waals surface area contributed by atoms with Gasteiger partial charge in [0.25, 0.3) is 5.69 Å². The molecule has 11 heteroatoms. The van der Waals surface area contributed by atoms with Gasteiger partial charge in [-0.2, -0.15) is 0 Å². The van der Waals surface area contributed by atoms with Crippen molar-refractivity contribution in [3.8, 4) is 0 Å². The van der Waals surface area contributed by atoms with E-state index >= 15 is 0 Å². The summed E-state index contributed by atoms with van der Waals surface area (Å²) in [5.41, 5.74) is 1.39. The molecule has 11 nitrogen and oxygen atoms in total. The quantitative estimate of drug-likeness (QED) is 0.204. The van der Waals surface area contributed by atoms with Gasteiger partial charge >= 0.3 is 12.1 Å². The lowest BCUT2D eigenvalue weighted by atomic mass is 10.0. The topological polar surface area (TPSA) is 154 Å². The van der Waals surface area contributed by atoms with Gasteiger partial charge in [0.2, 0.25) is 5.91 Å². The number of non-ortho nitro benzene ring substituents is 1. The molecule has 3 rings (SSSR count). The van der Waals surface area contributed by atoms with Crippen molar-refractivity contribution in [2.24, 2.45) is 0 Å². The molecule has 0 radical (unpaired) electrons. The van der Waals surface area contributed by atoms with Crippen molar-refractivity contribution >= 4 is 29.4 Å². The third-order valence-corrected chi connectivity index (χ3v) is 5.61. The van der Waals surface area contributed by atoms with Gasteiger partial charge in [0, 0.05) is 18.6 Å². The average Bonchev–Trinajstić information content (AvgIpc) is 2.95. The first-order chi connectivity index (χ1) is 18.7. The molecule has 0 saturated heterocycles. The van der Waals surface area contributed by atoms with Crippen LogP contribution in [0.1, 0.15) is 28.4 Å². The van der Waals surface area contributed by atoms with Gasteiger partial charge < -0.3 is 20.1 Å². The summed E-state index contributed by atoms with van der Waals surface area (Å²) in [6, 6.07) is 20.7. The minimum atomic E-state index is -1.05. The van der Waals surface area contributed by atoms with Crippen molar-refractivity contribution < 1.29 is 33.6 Å². The molecular weight excluding hydrogens is 506 g/mol. The van der Waals surface area contributed by atoms with Gasteiger partial charge in [-0.1, -0.05) is 60.7 Å². The Balaban J connectivity index is 1.56. The van der Waals surface area contributed by atoms with Crippen LogP contribution in [0, 0.1) is 10.1 Å². The van der Waals surface area contributed by atoms with Crippen molar-refractivity contribution in [2.45, 2.75) is 32.0 Å². The van der Waals surface area contributed by atoms with Gasteiger partial charge in [-0.3, -0.25) is 19.7 Å². The number of nitrogens with one attached hydrogen (secondary N) is 2. The molecule has 0 spiro atoms. The zero-order chi connectivity index (χ0) is 28.2. The van der Waals surface area contributed by atoms with Crippen LogP contribution in [0.2, 0.25) is 0 Å². The number of ketones is 1. The second-order valence-corrected chi connectivity index (χ2v) is 8.53. The highest BCUT2D eigenvalue weighted by Crippen LogP contribution is 2.13. The standard InChI is InChI=1S/C28H27N3O8/c1-19(25(32)18-38-27(34)22-12-14-23(15-13-22)31(36)37)29-26(33)24(16-20-8-4-2-5-9-20)30-28(35)39-17-21-10-6-3-7-11-21/h2-15,19,24H,16-18H2,1H3,(H,29,33)(H,30,35)/t19-,24-/m0/s1. The third-order valence-electron chi connectivity index (χ3n) is 5.61. The van der Waals surface area contributed by atoms with E-state index in [9.17, 15) is 29.3 Å². The summed E-state index contributed by atoms with van der Waals surface area (Å²) >= 11 is 0. The number of hydrogen-bond donors (Lipinski definition) is 2. The first-order valence-corrected chi connectivity index (χ1v) is 12.0. The Bertz CT molecular complexity index is 1300. The van der Waals surface area contributed by atoms with E-state index in [0.29, 0.717) is 0 Å². The van der Waals surface area contributed by atoms with Gasteiger partial charge in [-0.05, 0) is 30.2 Å². The van der Waals surface area contributed by atoms with E-state index in [1.807, 2.05) is 24.3 Å². The molecule has 0 aliphatic rings. The predicted molar refractivity (Wildman–Crippen MR) is 140 cm³/mol. The maximum Gasteiger partial charge on any atom is 0.408 e. The van der Waals surface area contributed by atoms with E-state index in [0.717, 1.165) is 23.3 Å². The molecule has 0 bridgehead atoms. The molecule has 2 atom stereocenters. The number of Topliss-reactive ketones (excluding diaryl/α,β-unsaturated/α-hetero) is 1. The number of nitro groups is 1. The molecule has 0 aliphatic carbocycles. The fourth-order valence-electron chi connectivity index (χ4n) is 3.42. The summed E-state index contributed by atoms with van der Waals surface area (Å²) in [5.74, 6) is -2.07. The van der Waals surface area contributed by atoms with Crippen LogP contribution in [-0.2, 0) is 32.1 Å². The van der Waals surface area contributed by atoms with Crippen molar-refractivity contribution in [2.75, 3.05) is 6.61 Å².